The lowest BCUT2D eigenvalue weighted by atomic mass is 10.1. The lowest BCUT2D eigenvalue weighted by molar-refractivity contribution is -0.132. The fourth-order valence-electron chi connectivity index (χ4n) is 2.13. The van der Waals surface area contributed by atoms with Crippen LogP contribution in [0.4, 0.5) is 11.6 Å². The molecule has 98 valence electrons. The predicted octanol–water partition coefficient (Wildman–Crippen LogP) is 1.55. The highest BCUT2D eigenvalue weighted by Crippen LogP contribution is 2.16. The van der Waals surface area contributed by atoms with Gasteiger partial charge in [-0.2, -0.15) is 0 Å². The summed E-state index contributed by atoms with van der Waals surface area (Å²) in [6, 6.07) is 6.17. The van der Waals surface area contributed by atoms with E-state index < -0.39 is 0 Å². The Bertz CT molecular complexity index is 421. The van der Waals surface area contributed by atoms with Crippen LogP contribution in [0.15, 0.2) is 18.2 Å². The molecule has 1 atom stereocenters. The number of hydrogen-bond acceptors (Lipinski definition) is 4. The van der Waals surface area contributed by atoms with Gasteiger partial charge in [0.15, 0.2) is 0 Å². The number of anilines is 2. The van der Waals surface area contributed by atoms with Crippen LogP contribution in [0, 0.1) is 0 Å². The van der Waals surface area contributed by atoms with E-state index in [-0.39, 0.29) is 11.9 Å². The second-order valence-corrected chi connectivity index (χ2v) is 4.59. The SMILES string of the molecule is CCNc1cccc(NC2CCC(=O)N(C)C2)n1. The van der Waals surface area contributed by atoms with Gasteiger partial charge >= 0.3 is 0 Å². The smallest absolute Gasteiger partial charge is 0.222 e. The highest BCUT2D eigenvalue weighted by Gasteiger charge is 2.22. The first-order valence-corrected chi connectivity index (χ1v) is 6.40. The van der Waals surface area contributed by atoms with E-state index in [1.54, 1.807) is 4.90 Å². The number of amides is 1. The molecule has 5 heteroatoms. The molecule has 2 rings (SSSR count). The summed E-state index contributed by atoms with van der Waals surface area (Å²) in [5.41, 5.74) is 0. The van der Waals surface area contributed by atoms with Gasteiger partial charge in [-0.15, -0.1) is 0 Å². The highest BCUT2D eigenvalue weighted by molar-refractivity contribution is 5.77. The summed E-state index contributed by atoms with van der Waals surface area (Å²) in [5.74, 6) is 1.96. The number of aromatic nitrogens is 1. The maximum absolute atomic E-state index is 11.4. The number of likely N-dealkylation sites (N-methyl/N-ethyl adjacent to an activating group) is 1. The monoisotopic (exact) mass is 248 g/mol. The molecule has 5 nitrogen and oxygen atoms in total. The normalized spacial score (nSPS) is 19.8. The molecule has 0 spiro atoms. The van der Waals surface area contributed by atoms with Crippen molar-refractivity contribution in [2.45, 2.75) is 25.8 Å². The molecule has 18 heavy (non-hydrogen) atoms. The van der Waals surface area contributed by atoms with Gasteiger partial charge in [0.25, 0.3) is 0 Å². The van der Waals surface area contributed by atoms with Crippen molar-refractivity contribution in [1.82, 2.24) is 9.88 Å². The minimum absolute atomic E-state index is 0.224. The van der Waals surface area contributed by atoms with Crippen LogP contribution >= 0.6 is 0 Å². The first-order chi connectivity index (χ1) is 8.69. The molecule has 0 bridgehead atoms. The number of hydrogen-bond donors (Lipinski definition) is 2. The van der Waals surface area contributed by atoms with Crippen molar-refractivity contribution >= 4 is 17.5 Å². The number of carbonyl (C=O) groups is 1. The minimum atomic E-state index is 0.224. The van der Waals surface area contributed by atoms with E-state index in [4.69, 9.17) is 0 Å². The van der Waals surface area contributed by atoms with Gasteiger partial charge in [-0.25, -0.2) is 4.98 Å². The zero-order chi connectivity index (χ0) is 13.0. The summed E-state index contributed by atoms with van der Waals surface area (Å²) in [6.45, 7) is 3.65. The third kappa shape index (κ3) is 3.12. The fraction of sp³-hybridized carbons (Fsp3) is 0.538. The lowest BCUT2D eigenvalue weighted by Gasteiger charge is -2.30. The van der Waals surface area contributed by atoms with E-state index in [9.17, 15) is 4.79 Å². The van der Waals surface area contributed by atoms with Gasteiger partial charge in [0, 0.05) is 32.6 Å². The Labute approximate surface area is 108 Å². The molecule has 2 heterocycles. The van der Waals surface area contributed by atoms with E-state index in [0.29, 0.717) is 6.42 Å². The maximum Gasteiger partial charge on any atom is 0.222 e. The Morgan fingerprint density at radius 1 is 1.44 bits per heavy atom. The molecule has 0 aromatic carbocycles. The molecule has 1 unspecified atom stereocenters. The van der Waals surface area contributed by atoms with Gasteiger partial charge in [0.05, 0.1) is 0 Å². The molecule has 0 aliphatic carbocycles. The Morgan fingerprint density at radius 3 is 2.94 bits per heavy atom. The summed E-state index contributed by atoms with van der Waals surface area (Å²) < 4.78 is 0. The van der Waals surface area contributed by atoms with E-state index in [2.05, 4.69) is 15.6 Å². The van der Waals surface area contributed by atoms with Crippen molar-refractivity contribution in [2.75, 3.05) is 30.8 Å². The Kier molecular flexibility index (Phi) is 4.02. The summed E-state index contributed by atoms with van der Waals surface area (Å²) in [5, 5.41) is 6.57. The molecule has 1 aromatic heterocycles. The number of rotatable bonds is 4. The Morgan fingerprint density at radius 2 is 2.22 bits per heavy atom. The van der Waals surface area contributed by atoms with Crippen LogP contribution < -0.4 is 10.6 Å². The zero-order valence-corrected chi connectivity index (χ0v) is 10.9. The molecule has 1 saturated heterocycles. The molecule has 1 fully saturated rings. The van der Waals surface area contributed by atoms with Crippen LogP contribution in [-0.4, -0.2) is 42.0 Å². The summed E-state index contributed by atoms with van der Waals surface area (Å²) in [4.78, 5) is 17.7. The number of piperidine rings is 1. The molecule has 0 saturated carbocycles. The standard InChI is InChI=1S/C13H20N4O/c1-3-14-11-5-4-6-12(16-11)15-10-7-8-13(18)17(2)9-10/h4-6,10H,3,7-9H2,1-2H3,(H2,14,15,16). The average molecular weight is 248 g/mol. The molecule has 0 radical (unpaired) electrons. The number of nitrogens with zero attached hydrogens (tertiary/aromatic N) is 2. The van der Waals surface area contributed by atoms with E-state index >= 15 is 0 Å². The van der Waals surface area contributed by atoms with Crippen molar-refractivity contribution < 1.29 is 4.79 Å². The van der Waals surface area contributed by atoms with Gasteiger partial charge in [-0.3, -0.25) is 4.79 Å². The summed E-state index contributed by atoms with van der Waals surface area (Å²) in [6.07, 6.45) is 1.48. The molecular weight excluding hydrogens is 228 g/mol. The molecular formula is C13H20N4O. The first-order valence-electron chi connectivity index (χ1n) is 6.40. The highest BCUT2D eigenvalue weighted by atomic mass is 16.2. The van der Waals surface area contributed by atoms with Crippen molar-refractivity contribution in [3.63, 3.8) is 0 Å². The maximum atomic E-state index is 11.4. The summed E-state index contributed by atoms with van der Waals surface area (Å²) >= 11 is 0. The molecule has 2 N–H and O–H groups in total. The molecule has 1 aliphatic heterocycles. The third-order valence-electron chi connectivity index (χ3n) is 3.09. The molecule has 1 amide bonds. The van der Waals surface area contributed by atoms with Crippen molar-refractivity contribution in [2.24, 2.45) is 0 Å². The first kappa shape index (κ1) is 12.7. The number of carbonyl (C=O) groups excluding carboxylic acids is 1. The van der Waals surface area contributed by atoms with E-state index in [1.165, 1.54) is 0 Å². The van der Waals surface area contributed by atoms with Crippen LogP contribution in [-0.2, 0) is 4.79 Å². The predicted molar refractivity (Wildman–Crippen MR) is 72.7 cm³/mol. The molecule has 1 aliphatic rings. The van der Waals surface area contributed by atoms with Crippen molar-refractivity contribution in [3.05, 3.63) is 18.2 Å². The van der Waals surface area contributed by atoms with Crippen LogP contribution in [0.3, 0.4) is 0 Å². The number of likely N-dealkylation sites (tertiary alicyclic amines) is 1. The van der Waals surface area contributed by atoms with Gasteiger partial charge in [0.1, 0.15) is 11.6 Å². The average Bonchev–Trinajstić information content (AvgIpc) is 2.35. The second kappa shape index (κ2) is 5.71. The van der Waals surface area contributed by atoms with Crippen LogP contribution in [0.25, 0.3) is 0 Å². The second-order valence-electron chi connectivity index (χ2n) is 4.59. The van der Waals surface area contributed by atoms with Crippen molar-refractivity contribution in [3.8, 4) is 0 Å². The van der Waals surface area contributed by atoms with Crippen LogP contribution in [0.5, 0.6) is 0 Å². The van der Waals surface area contributed by atoms with Crippen LogP contribution in [0.2, 0.25) is 0 Å². The quantitative estimate of drug-likeness (QED) is 0.848. The van der Waals surface area contributed by atoms with Crippen LogP contribution in [0.1, 0.15) is 19.8 Å². The molecule has 1 aromatic rings. The van der Waals surface area contributed by atoms with Gasteiger partial charge in [-0.1, -0.05) is 6.07 Å². The largest absolute Gasteiger partial charge is 0.370 e. The number of nitrogens with one attached hydrogen (secondary N) is 2. The third-order valence-corrected chi connectivity index (χ3v) is 3.09. The fourth-order valence-corrected chi connectivity index (χ4v) is 2.13. The van der Waals surface area contributed by atoms with Gasteiger partial charge < -0.3 is 15.5 Å². The Hall–Kier alpha value is -1.78. The van der Waals surface area contributed by atoms with E-state index in [1.807, 2.05) is 32.2 Å². The minimum Gasteiger partial charge on any atom is -0.370 e. The summed E-state index contributed by atoms with van der Waals surface area (Å²) in [7, 11) is 1.85. The topological polar surface area (TPSA) is 57.3 Å². The van der Waals surface area contributed by atoms with Crippen molar-refractivity contribution in [1.29, 1.82) is 0 Å². The zero-order valence-electron chi connectivity index (χ0n) is 10.9. The van der Waals surface area contributed by atoms with Gasteiger partial charge in [0.2, 0.25) is 5.91 Å². The number of pyridine rings is 1. The lowest BCUT2D eigenvalue weighted by Crippen LogP contribution is -2.43. The van der Waals surface area contributed by atoms with E-state index in [0.717, 1.165) is 31.1 Å². The van der Waals surface area contributed by atoms with Gasteiger partial charge in [-0.05, 0) is 25.5 Å². The Balaban J connectivity index is 1.96.